The van der Waals surface area contributed by atoms with Crippen molar-refractivity contribution in [1.29, 1.82) is 0 Å². The Morgan fingerprint density at radius 2 is 1.79 bits per heavy atom. The highest BCUT2D eigenvalue weighted by Crippen LogP contribution is 2.24. The van der Waals surface area contributed by atoms with Crippen LogP contribution >= 0.6 is 11.6 Å². The van der Waals surface area contributed by atoms with Gasteiger partial charge in [0.15, 0.2) is 6.67 Å². The predicted octanol–water partition coefficient (Wildman–Crippen LogP) is -0.269. The van der Waals surface area contributed by atoms with E-state index in [9.17, 15) is 14.4 Å². The van der Waals surface area contributed by atoms with Gasteiger partial charge in [0, 0.05) is 17.8 Å². The first-order chi connectivity index (χ1) is 11.4. The van der Waals surface area contributed by atoms with Gasteiger partial charge in [0.2, 0.25) is 0 Å². The number of amides is 4. The Morgan fingerprint density at radius 3 is 2.38 bits per heavy atom. The van der Waals surface area contributed by atoms with Gasteiger partial charge in [-0.25, -0.2) is 9.69 Å². The lowest BCUT2D eigenvalue weighted by molar-refractivity contribution is -0.907. The molecule has 0 spiro atoms. The molecular formula is C16H20ClN4O3+. The van der Waals surface area contributed by atoms with Crippen LogP contribution in [-0.2, 0) is 9.59 Å². The van der Waals surface area contributed by atoms with E-state index in [1.165, 1.54) is 12.6 Å². The molecule has 3 rings (SSSR count). The fourth-order valence-electron chi connectivity index (χ4n) is 3.12. The first-order valence-electron chi connectivity index (χ1n) is 7.86. The van der Waals surface area contributed by atoms with Gasteiger partial charge in [-0.1, -0.05) is 17.7 Å². The second-order valence-corrected chi connectivity index (χ2v) is 6.64. The minimum absolute atomic E-state index is 0.232. The number of imide groups is 2. The molecule has 2 aliphatic rings. The molecule has 8 heteroatoms. The van der Waals surface area contributed by atoms with E-state index in [1.807, 2.05) is 25.1 Å². The topological polar surface area (TPSA) is 65.4 Å². The van der Waals surface area contributed by atoms with Gasteiger partial charge >= 0.3 is 17.8 Å². The minimum Gasteiger partial charge on any atom is -0.360 e. The number of benzene rings is 1. The molecule has 0 unspecified atom stereocenters. The normalized spacial score (nSPS) is 19.6. The fraction of sp³-hybridized carbons (Fsp3) is 0.438. The molecule has 7 nitrogen and oxygen atoms in total. The van der Waals surface area contributed by atoms with E-state index in [0.717, 1.165) is 46.6 Å². The summed E-state index contributed by atoms with van der Waals surface area (Å²) in [5.74, 6) is -1.49. The highest BCUT2D eigenvalue weighted by Gasteiger charge is 2.44. The molecule has 0 aliphatic carbocycles. The van der Waals surface area contributed by atoms with Gasteiger partial charge < -0.3 is 9.80 Å². The number of hydrogen-bond acceptors (Lipinski definition) is 4. The summed E-state index contributed by atoms with van der Waals surface area (Å²) in [7, 11) is 1.33. The Kier molecular flexibility index (Phi) is 4.47. The smallest absolute Gasteiger partial charge is 0.338 e. The zero-order valence-corrected chi connectivity index (χ0v) is 14.5. The molecule has 0 saturated carbocycles. The molecule has 2 heterocycles. The van der Waals surface area contributed by atoms with Gasteiger partial charge in [-0.05, 0) is 24.6 Å². The third-order valence-electron chi connectivity index (χ3n) is 4.61. The van der Waals surface area contributed by atoms with Crippen molar-refractivity contribution in [3.63, 3.8) is 0 Å². The van der Waals surface area contributed by atoms with Crippen LogP contribution in [0.3, 0.4) is 0 Å². The number of rotatable bonds is 3. The van der Waals surface area contributed by atoms with E-state index in [-0.39, 0.29) is 6.67 Å². The van der Waals surface area contributed by atoms with Crippen molar-refractivity contribution in [2.24, 2.45) is 0 Å². The molecule has 0 radical (unpaired) electrons. The molecule has 0 bridgehead atoms. The van der Waals surface area contributed by atoms with E-state index < -0.39 is 17.8 Å². The Hall–Kier alpha value is -2.12. The van der Waals surface area contributed by atoms with Gasteiger partial charge in [0.1, 0.15) is 0 Å². The third-order valence-corrected chi connectivity index (χ3v) is 4.85. The summed E-state index contributed by atoms with van der Waals surface area (Å²) >= 11 is 6.09. The van der Waals surface area contributed by atoms with Gasteiger partial charge in [0.25, 0.3) is 0 Å². The monoisotopic (exact) mass is 351 g/mol. The number of aryl methyl sites for hydroxylation is 1. The molecule has 0 atom stereocenters. The highest BCUT2D eigenvalue weighted by molar-refractivity contribution is 6.44. The Balaban J connectivity index is 1.62. The SMILES string of the molecule is Cc1ccc(Cl)cc1N1CC[NH+](CN2C(=O)C(=O)N(C)C2=O)CC1. The summed E-state index contributed by atoms with van der Waals surface area (Å²) in [6.07, 6.45) is 0. The number of halogens is 1. The van der Waals surface area contributed by atoms with Crippen molar-refractivity contribution in [3.05, 3.63) is 28.8 Å². The number of nitrogens with zero attached hydrogens (tertiary/aromatic N) is 3. The number of urea groups is 1. The van der Waals surface area contributed by atoms with Crippen LogP contribution in [0.1, 0.15) is 5.56 Å². The lowest BCUT2D eigenvalue weighted by atomic mass is 10.1. The molecule has 2 aliphatic heterocycles. The molecule has 24 heavy (non-hydrogen) atoms. The van der Waals surface area contributed by atoms with Crippen LogP contribution in [0.5, 0.6) is 0 Å². The number of quaternary nitrogens is 1. The average Bonchev–Trinajstić information content (AvgIpc) is 2.76. The molecule has 1 aromatic rings. The van der Waals surface area contributed by atoms with Gasteiger partial charge in [-0.15, -0.1) is 0 Å². The molecule has 1 aromatic carbocycles. The van der Waals surface area contributed by atoms with Crippen molar-refractivity contribution in [3.8, 4) is 0 Å². The third kappa shape index (κ3) is 2.97. The second kappa shape index (κ2) is 6.41. The Labute approximate surface area is 145 Å². The van der Waals surface area contributed by atoms with E-state index in [2.05, 4.69) is 4.90 Å². The van der Waals surface area contributed by atoms with Crippen molar-refractivity contribution in [2.45, 2.75) is 6.92 Å². The van der Waals surface area contributed by atoms with E-state index >= 15 is 0 Å². The zero-order valence-electron chi connectivity index (χ0n) is 13.7. The Bertz CT molecular complexity index is 701. The van der Waals surface area contributed by atoms with Gasteiger partial charge in [-0.3, -0.25) is 14.5 Å². The van der Waals surface area contributed by atoms with Crippen LogP contribution in [0.4, 0.5) is 10.5 Å². The molecule has 128 valence electrons. The van der Waals surface area contributed by atoms with Gasteiger partial charge in [0.05, 0.1) is 26.2 Å². The molecule has 1 N–H and O–H groups in total. The van der Waals surface area contributed by atoms with Crippen LogP contribution in [0.25, 0.3) is 0 Å². The number of carbonyl (C=O) groups is 3. The maximum atomic E-state index is 11.9. The summed E-state index contributed by atoms with van der Waals surface area (Å²) in [5, 5.41) is 0.709. The Morgan fingerprint density at radius 1 is 1.12 bits per heavy atom. The average molecular weight is 352 g/mol. The maximum Gasteiger partial charge on any atom is 0.338 e. The molecule has 4 amide bonds. The van der Waals surface area contributed by atoms with Crippen molar-refractivity contribution in [2.75, 3.05) is 44.8 Å². The molecular weight excluding hydrogens is 332 g/mol. The van der Waals surface area contributed by atoms with Crippen LogP contribution in [0.15, 0.2) is 18.2 Å². The van der Waals surface area contributed by atoms with Crippen molar-refractivity contribution in [1.82, 2.24) is 9.80 Å². The largest absolute Gasteiger partial charge is 0.360 e. The predicted molar refractivity (Wildman–Crippen MR) is 89.0 cm³/mol. The van der Waals surface area contributed by atoms with Crippen molar-refractivity contribution >= 4 is 35.1 Å². The summed E-state index contributed by atoms with van der Waals surface area (Å²) in [6, 6.07) is 5.30. The summed E-state index contributed by atoms with van der Waals surface area (Å²) in [5.41, 5.74) is 2.28. The fourth-order valence-corrected chi connectivity index (χ4v) is 3.29. The number of carbonyl (C=O) groups excluding carboxylic acids is 3. The van der Waals surface area contributed by atoms with E-state index in [1.54, 1.807) is 0 Å². The van der Waals surface area contributed by atoms with Crippen LogP contribution < -0.4 is 9.80 Å². The maximum absolute atomic E-state index is 11.9. The highest BCUT2D eigenvalue weighted by atomic mass is 35.5. The van der Waals surface area contributed by atoms with Gasteiger partial charge in [-0.2, -0.15) is 0 Å². The first kappa shape index (κ1) is 16.7. The van der Waals surface area contributed by atoms with Crippen LogP contribution in [0.2, 0.25) is 5.02 Å². The summed E-state index contributed by atoms with van der Waals surface area (Å²) in [6.45, 7) is 5.44. The van der Waals surface area contributed by atoms with Crippen LogP contribution in [-0.4, -0.2) is 67.5 Å². The number of nitrogens with one attached hydrogen (secondary N) is 1. The molecule has 0 aromatic heterocycles. The summed E-state index contributed by atoms with van der Waals surface area (Å²) in [4.78, 5) is 40.6. The number of likely N-dealkylation sites (N-methyl/N-ethyl adjacent to an activating group) is 1. The lowest BCUT2D eigenvalue weighted by Gasteiger charge is -2.35. The van der Waals surface area contributed by atoms with E-state index in [4.69, 9.17) is 11.6 Å². The second-order valence-electron chi connectivity index (χ2n) is 6.21. The quantitative estimate of drug-likeness (QED) is 0.601. The number of piperazine rings is 1. The molecule has 2 fully saturated rings. The lowest BCUT2D eigenvalue weighted by Crippen LogP contribution is -3.16. The summed E-state index contributed by atoms with van der Waals surface area (Å²) < 4.78 is 0. The van der Waals surface area contributed by atoms with Crippen molar-refractivity contribution < 1.29 is 19.3 Å². The van der Waals surface area contributed by atoms with Crippen LogP contribution in [0, 0.1) is 6.92 Å². The first-order valence-corrected chi connectivity index (χ1v) is 8.24. The molecule has 2 saturated heterocycles. The van der Waals surface area contributed by atoms with E-state index in [0.29, 0.717) is 5.02 Å². The zero-order chi connectivity index (χ0) is 17.4. The number of hydrogen-bond donors (Lipinski definition) is 1. The standard InChI is InChI=1S/C16H19ClN4O3/c1-11-3-4-12(17)9-13(11)20-7-5-19(6-8-20)10-21-15(23)14(22)18(2)16(21)24/h3-4,9H,5-8,10H2,1-2H3/p+1. The number of anilines is 1. The minimum atomic E-state index is -0.757.